The molecule has 5 nitrogen and oxygen atoms in total. The molecule has 0 fully saturated rings. The maximum atomic E-state index is 11.8. The van der Waals surface area contributed by atoms with Gasteiger partial charge in [-0.3, -0.25) is 4.79 Å². The van der Waals surface area contributed by atoms with Gasteiger partial charge in [0.1, 0.15) is 0 Å². The lowest BCUT2D eigenvalue weighted by atomic mass is 10.2. The molecule has 0 aliphatic rings. The van der Waals surface area contributed by atoms with Crippen LogP contribution in [-0.4, -0.2) is 10.9 Å². The molecule has 18 heavy (non-hydrogen) atoms. The predicted octanol–water partition coefficient (Wildman–Crippen LogP) is 2.46. The van der Waals surface area contributed by atoms with Crippen molar-refractivity contribution >= 4 is 27.5 Å². The standard InChI is InChI=1S/C12H12BrN3O2/c1-7-2-3-8(4-9(7)13)16-12(17)10-6-15-11(5-14)18-10/h2-4,6H,5,14H2,1H3,(H,16,17). The van der Waals surface area contributed by atoms with Gasteiger partial charge in [-0.15, -0.1) is 0 Å². The third-order valence-electron chi connectivity index (χ3n) is 2.38. The summed E-state index contributed by atoms with van der Waals surface area (Å²) in [6.07, 6.45) is 1.36. The van der Waals surface area contributed by atoms with Crippen LogP contribution < -0.4 is 11.1 Å². The molecule has 0 aliphatic carbocycles. The van der Waals surface area contributed by atoms with E-state index in [2.05, 4.69) is 26.2 Å². The molecule has 1 aromatic carbocycles. The summed E-state index contributed by atoms with van der Waals surface area (Å²) in [5.74, 6) is 0.135. The van der Waals surface area contributed by atoms with Crippen LogP contribution in [0.5, 0.6) is 0 Å². The van der Waals surface area contributed by atoms with Gasteiger partial charge in [0.2, 0.25) is 11.7 Å². The van der Waals surface area contributed by atoms with Gasteiger partial charge in [-0.1, -0.05) is 22.0 Å². The number of nitrogens with zero attached hydrogens (tertiary/aromatic N) is 1. The maximum Gasteiger partial charge on any atom is 0.293 e. The number of amides is 1. The minimum atomic E-state index is -0.349. The number of nitrogens with two attached hydrogens (primary N) is 1. The Hall–Kier alpha value is -1.66. The summed E-state index contributed by atoms with van der Waals surface area (Å²) in [6.45, 7) is 2.14. The quantitative estimate of drug-likeness (QED) is 0.912. The lowest BCUT2D eigenvalue weighted by Gasteiger charge is -2.05. The third-order valence-corrected chi connectivity index (χ3v) is 3.24. The van der Waals surface area contributed by atoms with Crippen LogP contribution >= 0.6 is 15.9 Å². The van der Waals surface area contributed by atoms with Crippen LogP contribution in [0.2, 0.25) is 0 Å². The second-order valence-corrected chi connectivity index (χ2v) is 4.59. The van der Waals surface area contributed by atoms with Crippen LogP contribution in [0.1, 0.15) is 22.0 Å². The first-order valence-electron chi connectivity index (χ1n) is 5.32. The minimum Gasteiger partial charge on any atom is -0.434 e. The molecule has 0 unspecified atom stereocenters. The average molecular weight is 310 g/mol. The van der Waals surface area contributed by atoms with Gasteiger partial charge in [-0.2, -0.15) is 0 Å². The smallest absolute Gasteiger partial charge is 0.293 e. The zero-order valence-electron chi connectivity index (χ0n) is 9.74. The summed E-state index contributed by atoms with van der Waals surface area (Å²) >= 11 is 3.40. The van der Waals surface area contributed by atoms with Crippen molar-refractivity contribution in [2.75, 3.05) is 5.32 Å². The Morgan fingerprint density at radius 3 is 2.94 bits per heavy atom. The van der Waals surface area contributed by atoms with Crippen LogP contribution in [0, 0.1) is 6.92 Å². The molecular weight excluding hydrogens is 298 g/mol. The number of aryl methyl sites for hydroxylation is 1. The molecule has 0 atom stereocenters. The van der Waals surface area contributed by atoms with E-state index in [-0.39, 0.29) is 18.2 Å². The van der Waals surface area contributed by atoms with Gasteiger partial charge in [0.15, 0.2) is 0 Å². The number of benzene rings is 1. The Bertz CT molecular complexity index is 580. The van der Waals surface area contributed by atoms with Crippen molar-refractivity contribution in [2.24, 2.45) is 5.73 Å². The number of nitrogens with one attached hydrogen (secondary N) is 1. The largest absolute Gasteiger partial charge is 0.434 e. The van der Waals surface area contributed by atoms with Crippen molar-refractivity contribution < 1.29 is 9.21 Å². The fourth-order valence-electron chi connectivity index (χ4n) is 1.37. The van der Waals surface area contributed by atoms with Crippen LogP contribution in [0.25, 0.3) is 0 Å². The number of hydrogen-bond acceptors (Lipinski definition) is 4. The zero-order valence-corrected chi connectivity index (χ0v) is 11.3. The summed E-state index contributed by atoms with van der Waals surface area (Å²) in [4.78, 5) is 15.7. The normalized spacial score (nSPS) is 10.4. The lowest BCUT2D eigenvalue weighted by Crippen LogP contribution is -2.11. The van der Waals surface area contributed by atoms with Crippen molar-refractivity contribution in [3.8, 4) is 0 Å². The first-order chi connectivity index (χ1) is 8.60. The van der Waals surface area contributed by atoms with Crippen LogP contribution in [0.4, 0.5) is 5.69 Å². The number of aromatic nitrogens is 1. The van der Waals surface area contributed by atoms with Gasteiger partial charge < -0.3 is 15.5 Å². The molecule has 0 radical (unpaired) electrons. The molecule has 2 rings (SSSR count). The van der Waals surface area contributed by atoms with Crippen molar-refractivity contribution in [1.29, 1.82) is 0 Å². The Balaban J connectivity index is 2.13. The first kappa shape index (κ1) is 12.8. The molecular formula is C12H12BrN3O2. The van der Waals surface area contributed by atoms with E-state index in [0.717, 1.165) is 10.0 Å². The number of anilines is 1. The second-order valence-electron chi connectivity index (χ2n) is 3.74. The molecule has 1 heterocycles. The molecule has 1 aromatic heterocycles. The van der Waals surface area contributed by atoms with E-state index in [0.29, 0.717) is 11.6 Å². The van der Waals surface area contributed by atoms with E-state index < -0.39 is 0 Å². The summed E-state index contributed by atoms with van der Waals surface area (Å²) in [5.41, 5.74) is 7.14. The van der Waals surface area contributed by atoms with E-state index >= 15 is 0 Å². The van der Waals surface area contributed by atoms with Gasteiger partial charge in [-0.25, -0.2) is 4.98 Å². The molecule has 2 aromatic rings. The molecule has 6 heteroatoms. The van der Waals surface area contributed by atoms with E-state index in [1.807, 2.05) is 25.1 Å². The maximum absolute atomic E-state index is 11.8. The Morgan fingerprint density at radius 1 is 1.56 bits per heavy atom. The number of carbonyl (C=O) groups is 1. The van der Waals surface area contributed by atoms with Crippen molar-refractivity contribution in [3.05, 3.63) is 46.1 Å². The van der Waals surface area contributed by atoms with Crippen LogP contribution in [0.15, 0.2) is 33.3 Å². The number of rotatable bonds is 3. The molecule has 94 valence electrons. The molecule has 0 saturated heterocycles. The second kappa shape index (κ2) is 5.32. The highest BCUT2D eigenvalue weighted by Gasteiger charge is 2.12. The van der Waals surface area contributed by atoms with E-state index in [1.165, 1.54) is 6.20 Å². The molecule has 3 N–H and O–H groups in total. The van der Waals surface area contributed by atoms with Gasteiger partial charge in [0, 0.05) is 10.2 Å². The summed E-state index contributed by atoms with van der Waals surface area (Å²) in [6, 6.07) is 5.55. The molecule has 0 bridgehead atoms. The number of carbonyl (C=O) groups excluding carboxylic acids is 1. The fourth-order valence-corrected chi connectivity index (χ4v) is 1.75. The number of halogens is 1. The van der Waals surface area contributed by atoms with E-state index in [4.69, 9.17) is 10.2 Å². The SMILES string of the molecule is Cc1ccc(NC(=O)c2cnc(CN)o2)cc1Br. The highest BCUT2D eigenvalue weighted by atomic mass is 79.9. The fraction of sp³-hybridized carbons (Fsp3) is 0.167. The number of oxazole rings is 1. The number of hydrogen-bond donors (Lipinski definition) is 2. The zero-order chi connectivity index (χ0) is 13.1. The van der Waals surface area contributed by atoms with Crippen molar-refractivity contribution in [2.45, 2.75) is 13.5 Å². The predicted molar refractivity (Wildman–Crippen MR) is 71.2 cm³/mol. The Morgan fingerprint density at radius 2 is 2.33 bits per heavy atom. The van der Waals surface area contributed by atoms with E-state index in [1.54, 1.807) is 0 Å². The Labute approximate surface area is 113 Å². The Kier molecular flexibility index (Phi) is 3.78. The highest BCUT2D eigenvalue weighted by Crippen LogP contribution is 2.21. The summed E-state index contributed by atoms with van der Waals surface area (Å²) in [5, 5.41) is 2.72. The van der Waals surface area contributed by atoms with Crippen LogP contribution in [-0.2, 0) is 6.54 Å². The first-order valence-corrected chi connectivity index (χ1v) is 6.11. The van der Waals surface area contributed by atoms with Gasteiger partial charge in [0.05, 0.1) is 12.7 Å². The average Bonchev–Trinajstić information content (AvgIpc) is 2.82. The van der Waals surface area contributed by atoms with Crippen molar-refractivity contribution in [1.82, 2.24) is 4.98 Å². The molecule has 1 amide bonds. The summed E-state index contributed by atoms with van der Waals surface area (Å²) < 4.78 is 6.09. The topological polar surface area (TPSA) is 81.2 Å². The minimum absolute atomic E-state index is 0.146. The molecule has 0 aliphatic heterocycles. The lowest BCUT2D eigenvalue weighted by molar-refractivity contribution is 0.0995. The third kappa shape index (κ3) is 2.77. The monoisotopic (exact) mass is 309 g/mol. The highest BCUT2D eigenvalue weighted by molar-refractivity contribution is 9.10. The molecule has 0 saturated carbocycles. The van der Waals surface area contributed by atoms with Gasteiger partial charge in [-0.05, 0) is 24.6 Å². The van der Waals surface area contributed by atoms with Crippen molar-refractivity contribution in [3.63, 3.8) is 0 Å². The summed E-state index contributed by atoms with van der Waals surface area (Å²) in [7, 11) is 0. The molecule has 0 spiro atoms. The van der Waals surface area contributed by atoms with Gasteiger partial charge >= 0.3 is 0 Å². The van der Waals surface area contributed by atoms with Gasteiger partial charge in [0.25, 0.3) is 5.91 Å². The van der Waals surface area contributed by atoms with Crippen LogP contribution in [0.3, 0.4) is 0 Å². The van der Waals surface area contributed by atoms with E-state index in [9.17, 15) is 4.79 Å².